The normalized spacial score (nSPS) is 11.4. The van der Waals surface area contributed by atoms with E-state index < -0.39 is 0 Å². The van der Waals surface area contributed by atoms with Gasteiger partial charge in [-0.1, -0.05) is 0 Å². The van der Waals surface area contributed by atoms with Crippen molar-refractivity contribution < 1.29 is 0 Å². The van der Waals surface area contributed by atoms with Crippen molar-refractivity contribution in [2.24, 2.45) is 0 Å². The van der Waals surface area contributed by atoms with E-state index in [-0.39, 0.29) is 5.56 Å². The zero-order valence-electron chi connectivity index (χ0n) is 12.5. The second kappa shape index (κ2) is 5.12. The highest BCUT2D eigenvalue weighted by molar-refractivity contribution is 14.1. The Kier molecular flexibility index (Phi) is 3.19. The Labute approximate surface area is 144 Å². The van der Waals surface area contributed by atoms with Crippen molar-refractivity contribution in [3.63, 3.8) is 0 Å². The summed E-state index contributed by atoms with van der Waals surface area (Å²) in [6.45, 7) is 3.86. The molecule has 0 spiro atoms. The fourth-order valence-corrected chi connectivity index (χ4v) is 3.13. The summed E-state index contributed by atoms with van der Waals surface area (Å²) >= 11 is 2.18. The molecule has 3 aromatic heterocycles. The number of rotatable bonds is 1. The number of fused-ring (bicyclic) bond motifs is 2. The lowest BCUT2D eigenvalue weighted by Crippen LogP contribution is -2.10. The van der Waals surface area contributed by atoms with E-state index in [4.69, 9.17) is 0 Å². The van der Waals surface area contributed by atoms with Gasteiger partial charge in [-0.25, -0.2) is 9.50 Å². The number of nitrogens with zero attached hydrogens (tertiary/aromatic N) is 4. The van der Waals surface area contributed by atoms with Crippen LogP contribution in [-0.4, -0.2) is 24.6 Å². The van der Waals surface area contributed by atoms with Gasteiger partial charge in [0.05, 0.1) is 34.0 Å². The molecule has 0 aliphatic rings. The van der Waals surface area contributed by atoms with E-state index in [1.165, 1.54) is 0 Å². The number of H-pyrrole nitrogens is 1. The topological polar surface area (TPSA) is 75.9 Å². The Bertz CT molecular complexity index is 1130. The molecule has 0 bridgehead atoms. The van der Waals surface area contributed by atoms with Gasteiger partial charge in [0.15, 0.2) is 5.82 Å². The van der Waals surface area contributed by atoms with E-state index in [1.54, 1.807) is 4.52 Å². The van der Waals surface area contributed by atoms with E-state index in [9.17, 15) is 4.79 Å². The molecule has 0 fully saturated rings. The van der Waals surface area contributed by atoms with Gasteiger partial charge in [-0.2, -0.15) is 5.10 Å². The molecular weight excluding hydrogens is 405 g/mol. The first-order chi connectivity index (χ1) is 11.0. The Balaban J connectivity index is 1.97. The summed E-state index contributed by atoms with van der Waals surface area (Å²) in [4.78, 5) is 24.1. The summed E-state index contributed by atoms with van der Waals surface area (Å²) in [5.41, 5.74) is 3.80. The van der Waals surface area contributed by atoms with Crippen LogP contribution in [0.4, 0.5) is 0 Å². The third-order valence-electron chi connectivity index (χ3n) is 3.67. The van der Waals surface area contributed by atoms with Gasteiger partial charge in [-0.05, 0) is 60.7 Å². The summed E-state index contributed by atoms with van der Waals surface area (Å²) in [5.74, 6) is 0.462. The first-order valence-corrected chi connectivity index (χ1v) is 8.13. The van der Waals surface area contributed by atoms with Gasteiger partial charge in [-0.3, -0.25) is 9.78 Å². The predicted octanol–water partition coefficient (Wildman–Crippen LogP) is 2.85. The lowest BCUT2D eigenvalue weighted by Gasteiger charge is -2.00. The van der Waals surface area contributed by atoms with Gasteiger partial charge in [-0.15, -0.1) is 0 Å². The maximum Gasteiger partial charge on any atom is 0.259 e. The van der Waals surface area contributed by atoms with Crippen LogP contribution in [0.25, 0.3) is 27.9 Å². The third-order valence-corrected chi connectivity index (χ3v) is 4.34. The quantitative estimate of drug-likeness (QED) is 0.484. The van der Waals surface area contributed by atoms with Crippen molar-refractivity contribution in [3.8, 4) is 11.5 Å². The SMILES string of the molecule is Cc1cn2nc(-c3nc4ccc(I)cc4c(=O)[nH]3)cc2c(C)n1. The molecule has 114 valence electrons. The van der Waals surface area contributed by atoms with Crippen molar-refractivity contribution in [2.75, 3.05) is 0 Å². The molecule has 4 rings (SSSR count). The van der Waals surface area contributed by atoms with E-state index in [0.29, 0.717) is 22.4 Å². The van der Waals surface area contributed by atoms with E-state index >= 15 is 0 Å². The molecule has 0 unspecified atom stereocenters. The molecule has 3 heterocycles. The maximum atomic E-state index is 12.3. The van der Waals surface area contributed by atoms with Crippen molar-refractivity contribution in [1.82, 2.24) is 24.6 Å². The molecule has 1 aromatic carbocycles. The molecule has 0 saturated carbocycles. The van der Waals surface area contributed by atoms with Gasteiger partial charge in [0, 0.05) is 3.57 Å². The molecule has 7 heteroatoms. The summed E-state index contributed by atoms with van der Waals surface area (Å²) in [6.07, 6.45) is 1.85. The van der Waals surface area contributed by atoms with E-state index in [0.717, 1.165) is 20.5 Å². The van der Waals surface area contributed by atoms with Crippen molar-refractivity contribution in [2.45, 2.75) is 13.8 Å². The van der Waals surface area contributed by atoms with Crippen LogP contribution >= 0.6 is 22.6 Å². The number of hydrogen-bond donors (Lipinski definition) is 1. The number of benzene rings is 1. The molecule has 0 aliphatic carbocycles. The number of aromatic amines is 1. The predicted molar refractivity (Wildman–Crippen MR) is 96.5 cm³/mol. The molecule has 1 N–H and O–H groups in total. The van der Waals surface area contributed by atoms with Crippen LogP contribution in [0.1, 0.15) is 11.4 Å². The van der Waals surface area contributed by atoms with Crippen molar-refractivity contribution in [3.05, 3.63) is 55.8 Å². The molecule has 6 nitrogen and oxygen atoms in total. The monoisotopic (exact) mass is 417 g/mol. The number of aromatic nitrogens is 5. The Morgan fingerprint density at radius 1 is 1.17 bits per heavy atom. The molecule has 0 amide bonds. The zero-order valence-corrected chi connectivity index (χ0v) is 14.6. The van der Waals surface area contributed by atoms with Gasteiger partial charge in [0.1, 0.15) is 5.69 Å². The summed E-state index contributed by atoms with van der Waals surface area (Å²) < 4.78 is 2.77. The largest absolute Gasteiger partial charge is 0.305 e. The van der Waals surface area contributed by atoms with Crippen LogP contribution in [0.5, 0.6) is 0 Å². The minimum atomic E-state index is -0.161. The fourth-order valence-electron chi connectivity index (χ4n) is 2.64. The minimum absolute atomic E-state index is 0.161. The van der Waals surface area contributed by atoms with Crippen LogP contribution in [0.3, 0.4) is 0 Å². The molecule has 0 radical (unpaired) electrons. The highest BCUT2D eigenvalue weighted by Crippen LogP contribution is 2.19. The average Bonchev–Trinajstić information content (AvgIpc) is 2.92. The van der Waals surface area contributed by atoms with Gasteiger partial charge in [0.25, 0.3) is 5.56 Å². The highest BCUT2D eigenvalue weighted by atomic mass is 127. The number of hydrogen-bond acceptors (Lipinski definition) is 4. The second-order valence-corrected chi connectivity index (χ2v) is 6.65. The molecular formula is C16H12IN5O. The maximum absolute atomic E-state index is 12.3. The van der Waals surface area contributed by atoms with Gasteiger partial charge in [0.2, 0.25) is 0 Å². The first kappa shape index (κ1) is 14.3. The second-order valence-electron chi connectivity index (χ2n) is 5.40. The lowest BCUT2D eigenvalue weighted by molar-refractivity contribution is 0.912. The van der Waals surface area contributed by atoms with Crippen molar-refractivity contribution >= 4 is 39.0 Å². The smallest absolute Gasteiger partial charge is 0.259 e. The number of nitrogens with one attached hydrogen (secondary N) is 1. The standard InChI is InChI=1S/C16H12IN5O/c1-8-7-22-14(9(2)18-8)6-13(21-22)15-19-12-4-3-10(17)5-11(12)16(23)20-15/h3-7H,1-2H3,(H,19,20,23). The first-order valence-electron chi connectivity index (χ1n) is 7.05. The third kappa shape index (κ3) is 2.40. The van der Waals surface area contributed by atoms with Crippen LogP contribution in [0.15, 0.2) is 35.3 Å². The van der Waals surface area contributed by atoms with Crippen LogP contribution < -0.4 is 5.56 Å². The highest BCUT2D eigenvalue weighted by Gasteiger charge is 2.12. The summed E-state index contributed by atoms with van der Waals surface area (Å²) in [5, 5.41) is 5.09. The zero-order chi connectivity index (χ0) is 16.1. The Morgan fingerprint density at radius 3 is 2.83 bits per heavy atom. The van der Waals surface area contributed by atoms with E-state index in [2.05, 4.69) is 42.6 Å². The van der Waals surface area contributed by atoms with Crippen LogP contribution in [0.2, 0.25) is 0 Å². The van der Waals surface area contributed by atoms with E-state index in [1.807, 2.05) is 44.3 Å². The molecule has 4 aromatic rings. The molecule has 0 saturated heterocycles. The minimum Gasteiger partial charge on any atom is -0.305 e. The summed E-state index contributed by atoms with van der Waals surface area (Å²) in [6, 6.07) is 7.49. The number of aryl methyl sites for hydroxylation is 2. The van der Waals surface area contributed by atoms with Crippen LogP contribution in [0, 0.1) is 17.4 Å². The summed E-state index contributed by atoms with van der Waals surface area (Å²) in [7, 11) is 0. The van der Waals surface area contributed by atoms with Crippen molar-refractivity contribution in [1.29, 1.82) is 0 Å². The Morgan fingerprint density at radius 2 is 2.00 bits per heavy atom. The Hall–Kier alpha value is -2.29. The lowest BCUT2D eigenvalue weighted by atomic mass is 10.2. The molecule has 0 atom stereocenters. The van der Waals surface area contributed by atoms with Gasteiger partial charge < -0.3 is 4.98 Å². The fraction of sp³-hybridized carbons (Fsp3) is 0.125. The van der Waals surface area contributed by atoms with Gasteiger partial charge >= 0.3 is 0 Å². The average molecular weight is 417 g/mol. The number of halogens is 1. The molecule has 0 aliphatic heterocycles. The van der Waals surface area contributed by atoms with Crippen LogP contribution in [-0.2, 0) is 0 Å². The molecule has 23 heavy (non-hydrogen) atoms.